The zero-order valence-corrected chi connectivity index (χ0v) is 9.61. The number of nitrogens with one attached hydrogen (secondary N) is 5. The molecular weight excluding hydrogens is 220 g/mol. The number of hydrogen-bond donors (Lipinski definition) is 6. The number of hydrogen-bond acceptors (Lipinski definition) is 7. The van der Waals surface area contributed by atoms with Gasteiger partial charge < -0.3 is 5.21 Å². The van der Waals surface area contributed by atoms with Crippen molar-refractivity contribution < 1.29 is 10.3 Å². The lowest BCUT2D eigenvalue weighted by molar-refractivity contribution is -0.742. The van der Waals surface area contributed by atoms with Gasteiger partial charge in [0.1, 0.15) is 0 Å². The normalized spacial score (nSPS) is 8.75. The molecule has 11 heteroatoms. The van der Waals surface area contributed by atoms with Gasteiger partial charge in [-0.05, 0) is 0 Å². The lowest BCUT2D eigenvalue weighted by atomic mass is 10.9. The fraction of sp³-hybridized carbons (Fsp3) is 0.800. The molecule has 0 aliphatic carbocycles. The van der Waals surface area contributed by atoms with Crippen molar-refractivity contribution in [2.24, 2.45) is 0 Å². The maximum Gasteiger partial charge on any atom is 0.291 e. The van der Waals surface area contributed by atoms with Crippen LogP contribution in [0.15, 0.2) is 0 Å². The molecule has 0 aromatic carbocycles. The Balaban J connectivity index is 0. The zero-order chi connectivity index (χ0) is 13.1. The van der Waals surface area contributed by atoms with Crippen molar-refractivity contribution in [2.45, 2.75) is 0 Å². The molecular formula is C5H18N8O3. The molecule has 16 heavy (non-hydrogen) atoms. The van der Waals surface area contributed by atoms with Crippen molar-refractivity contribution in [3.05, 3.63) is 10.1 Å². The van der Waals surface area contributed by atoms with Crippen LogP contribution in [0.5, 0.6) is 0 Å². The van der Waals surface area contributed by atoms with Gasteiger partial charge in [-0.1, -0.05) is 0 Å². The molecule has 0 aromatic rings. The first-order chi connectivity index (χ1) is 7.44. The van der Waals surface area contributed by atoms with Gasteiger partial charge in [0.05, 0.1) is 0 Å². The van der Waals surface area contributed by atoms with Gasteiger partial charge in [0, 0.05) is 28.2 Å². The molecule has 0 atom stereocenters. The van der Waals surface area contributed by atoms with Gasteiger partial charge in [0.2, 0.25) is 0 Å². The van der Waals surface area contributed by atoms with Crippen molar-refractivity contribution in [3.63, 3.8) is 0 Å². The van der Waals surface area contributed by atoms with Gasteiger partial charge >= 0.3 is 0 Å². The summed E-state index contributed by atoms with van der Waals surface area (Å²) in [4.78, 5) is 8.36. The van der Waals surface area contributed by atoms with Gasteiger partial charge in [-0.3, -0.25) is 5.41 Å². The van der Waals surface area contributed by atoms with Crippen LogP contribution in [-0.2, 0) is 0 Å². The first kappa shape index (κ1) is 16.7. The van der Waals surface area contributed by atoms with Crippen LogP contribution in [0.25, 0.3) is 0 Å². The third kappa shape index (κ3) is 7.69. The molecule has 0 rings (SSSR count). The summed E-state index contributed by atoms with van der Waals surface area (Å²) in [7, 11) is 6.87. The summed E-state index contributed by atoms with van der Waals surface area (Å²) in [6, 6.07) is 0. The Bertz CT molecular complexity index is 186. The Morgan fingerprint density at radius 2 is 1.31 bits per heavy atom. The number of hydrazine groups is 4. The Labute approximate surface area is 92.9 Å². The van der Waals surface area contributed by atoms with Gasteiger partial charge in [-0.25, -0.2) is 31.9 Å². The number of nitrogens with zero attached hydrogens (tertiary/aromatic N) is 3. The standard InChI is InChI=1S/C5H17N7.HNO3/c1-7-11(8-2)5(6)12(9-3)10-4;2-1(3)4/h6-10H,1-4H3;(H,2,3,4). The third-order valence-corrected chi connectivity index (χ3v) is 1.32. The minimum Gasteiger partial charge on any atom is -0.328 e. The van der Waals surface area contributed by atoms with E-state index in [9.17, 15) is 0 Å². The Morgan fingerprint density at radius 1 is 1.12 bits per heavy atom. The highest BCUT2D eigenvalue weighted by atomic mass is 16.9. The van der Waals surface area contributed by atoms with E-state index >= 15 is 0 Å². The van der Waals surface area contributed by atoms with E-state index in [2.05, 4.69) is 21.7 Å². The van der Waals surface area contributed by atoms with Crippen LogP contribution in [0.4, 0.5) is 0 Å². The Hall–Kier alpha value is -1.69. The van der Waals surface area contributed by atoms with Gasteiger partial charge in [0.25, 0.3) is 11.0 Å². The van der Waals surface area contributed by atoms with Crippen molar-refractivity contribution in [3.8, 4) is 0 Å². The van der Waals surface area contributed by atoms with E-state index in [0.29, 0.717) is 0 Å². The minimum atomic E-state index is -1.50. The highest BCUT2D eigenvalue weighted by Gasteiger charge is 2.11. The predicted molar refractivity (Wildman–Crippen MR) is 56.4 cm³/mol. The smallest absolute Gasteiger partial charge is 0.291 e. The van der Waals surface area contributed by atoms with Crippen LogP contribution in [0.2, 0.25) is 0 Å². The molecule has 0 aromatic heterocycles. The van der Waals surface area contributed by atoms with E-state index in [1.165, 1.54) is 10.2 Å². The van der Waals surface area contributed by atoms with Crippen molar-refractivity contribution in [1.82, 2.24) is 31.9 Å². The molecule has 0 fully saturated rings. The summed E-state index contributed by atoms with van der Waals surface area (Å²) in [5.41, 5.74) is 11.1. The van der Waals surface area contributed by atoms with E-state index in [0.717, 1.165) is 0 Å². The molecule has 0 aliphatic rings. The van der Waals surface area contributed by atoms with Crippen molar-refractivity contribution >= 4 is 5.96 Å². The third-order valence-electron chi connectivity index (χ3n) is 1.32. The largest absolute Gasteiger partial charge is 0.328 e. The maximum atomic E-state index is 8.36. The van der Waals surface area contributed by atoms with Crippen LogP contribution >= 0.6 is 0 Å². The van der Waals surface area contributed by atoms with Crippen LogP contribution in [-0.4, -0.2) is 54.7 Å². The van der Waals surface area contributed by atoms with Crippen LogP contribution < -0.4 is 21.7 Å². The quantitative estimate of drug-likeness (QED) is 0.138. The fourth-order valence-corrected chi connectivity index (χ4v) is 0.747. The summed E-state index contributed by atoms with van der Waals surface area (Å²) in [6.45, 7) is 0. The maximum absolute atomic E-state index is 8.36. The Morgan fingerprint density at radius 3 is 1.44 bits per heavy atom. The van der Waals surface area contributed by atoms with E-state index in [1.54, 1.807) is 28.2 Å². The molecule has 0 radical (unpaired) electrons. The zero-order valence-electron chi connectivity index (χ0n) is 9.61. The average Bonchev–Trinajstić information content (AvgIpc) is 2.20. The van der Waals surface area contributed by atoms with E-state index < -0.39 is 5.09 Å². The highest BCUT2D eigenvalue weighted by Crippen LogP contribution is 1.80. The van der Waals surface area contributed by atoms with Crippen LogP contribution in [0.3, 0.4) is 0 Å². The second-order valence-electron chi connectivity index (χ2n) is 2.13. The van der Waals surface area contributed by atoms with E-state index in [-0.39, 0.29) is 5.96 Å². The first-order valence-electron chi connectivity index (χ1n) is 4.16. The first-order valence-corrected chi connectivity index (χ1v) is 4.16. The summed E-state index contributed by atoms with van der Waals surface area (Å²) in [5.74, 6) is 0.213. The van der Waals surface area contributed by atoms with Crippen molar-refractivity contribution in [1.29, 1.82) is 5.41 Å². The number of rotatable bonds is 4. The molecule has 0 amide bonds. The van der Waals surface area contributed by atoms with Crippen LogP contribution in [0.1, 0.15) is 0 Å². The molecule has 96 valence electrons. The summed E-state index contributed by atoms with van der Waals surface area (Å²) < 4.78 is 0. The molecule has 0 saturated heterocycles. The molecule has 6 N–H and O–H groups in total. The second kappa shape index (κ2) is 9.85. The summed E-state index contributed by atoms with van der Waals surface area (Å²) in [6.07, 6.45) is 0. The minimum absolute atomic E-state index is 0.213. The topological polar surface area (TPSA) is 142 Å². The number of guanidine groups is 1. The monoisotopic (exact) mass is 238 g/mol. The lowest BCUT2D eigenvalue weighted by Gasteiger charge is -2.29. The van der Waals surface area contributed by atoms with Gasteiger partial charge in [-0.15, -0.1) is 10.1 Å². The summed E-state index contributed by atoms with van der Waals surface area (Å²) >= 11 is 0. The molecule has 0 saturated carbocycles. The SMILES string of the molecule is CNN(NC)C(=N)N(NC)NC.O=[N+]([O-])O. The van der Waals surface area contributed by atoms with E-state index in [1.807, 2.05) is 0 Å². The fourth-order valence-electron chi connectivity index (χ4n) is 0.747. The Kier molecular flexibility index (Phi) is 10.3. The van der Waals surface area contributed by atoms with Crippen LogP contribution in [0, 0.1) is 15.5 Å². The molecule has 11 nitrogen and oxygen atoms in total. The molecule has 0 unspecified atom stereocenters. The molecule has 0 heterocycles. The van der Waals surface area contributed by atoms with Gasteiger partial charge in [0.15, 0.2) is 0 Å². The predicted octanol–water partition coefficient (Wildman–Crippen LogP) is -2.28. The summed E-state index contributed by atoms with van der Waals surface area (Å²) in [5, 5.41) is 24.1. The molecule has 0 spiro atoms. The van der Waals surface area contributed by atoms with Crippen molar-refractivity contribution in [2.75, 3.05) is 28.2 Å². The second-order valence-corrected chi connectivity index (χ2v) is 2.13. The molecule has 0 bridgehead atoms. The average molecular weight is 238 g/mol. The van der Waals surface area contributed by atoms with Gasteiger partial charge in [-0.2, -0.15) is 0 Å². The highest BCUT2D eigenvalue weighted by molar-refractivity contribution is 5.74. The molecule has 0 aliphatic heterocycles. The lowest BCUT2D eigenvalue weighted by Crippen LogP contribution is -2.60. The van der Waals surface area contributed by atoms with E-state index in [4.69, 9.17) is 20.7 Å².